The van der Waals surface area contributed by atoms with Crippen LogP contribution in [0.25, 0.3) is 11.1 Å². The lowest BCUT2D eigenvalue weighted by Crippen LogP contribution is -2.38. The van der Waals surface area contributed by atoms with Gasteiger partial charge in [-0.05, 0) is 71.3 Å². The molecule has 0 spiro atoms. The molecule has 3 aromatic rings. The number of nitrogens with one attached hydrogen (secondary N) is 1. The molecule has 1 aliphatic carbocycles. The maximum Gasteiger partial charge on any atom is 0.251 e. The zero-order valence-corrected chi connectivity index (χ0v) is 16.9. The van der Waals surface area contributed by atoms with Gasteiger partial charge in [-0.15, -0.1) is 0 Å². The summed E-state index contributed by atoms with van der Waals surface area (Å²) >= 11 is 0. The molecule has 0 aromatic heterocycles. The molecule has 1 heterocycles. The van der Waals surface area contributed by atoms with Crippen LogP contribution in [0.2, 0.25) is 0 Å². The van der Waals surface area contributed by atoms with Crippen molar-refractivity contribution in [2.75, 3.05) is 13.1 Å². The zero-order valence-electron chi connectivity index (χ0n) is 16.9. The van der Waals surface area contributed by atoms with Crippen molar-refractivity contribution in [3.05, 3.63) is 94.8 Å². The van der Waals surface area contributed by atoms with Crippen LogP contribution in [0.5, 0.6) is 0 Å². The number of nitrogens with zero attached hydrogens (tertiary/aromatic N) is 1. The summed E-state index contributed by atoms with van der Waals surface area (Å²) in [5, 5.41) is 3.20. The van der Waals surface area contributed by atoms with Gasteiger partial charge < -0.3 is 5.32 Å². The Morgan fingerprint density at radius 2 is 1.63 bits per heavy atom. The van der Waals surface area contributed by atoms with E-state index >= 15 is 0 Å². The number of hydrogen-bond acceptors (Lipinski definition) is 2. The van der Waals surface area contributed by atoms with Gasteiger partial charge in [-0.1, -0.05) is 42.5 Å². The molecular weight excluding hydrogens is 375 g/mol. The zero-order chi connectivity index (χ0) is 20.5. The second-order valence-electron chi connectivity index (χ2n) is 8.38. The summed E-state index contributed by atoms with van der Waals surface area (Å²) in [7, 11) is 0. The van der Waals surface area contributed by atoms with E-state index in [1.165, 1.54) is 41.9 Å². The quantitative estimate of drug-likeness (QED) is 0.635. The predicted octanol–water partition coefficient (Wildman–Crippen LogP) is 4.60. The van der Waals surface area contributed by atoms with Crippen LogP contribution in [-0.2, 0) is 19.4 Å². The van der Waals surface area contributed by atoms with E-state index in [0.717, 1.165) is 36.9 Å². The van der Waals surface area contributed by atoms with E-state index in [4.69, 9.17) is 0 Å². The molecule has 3 aromatic carbocycles. The second kappa shape index (κ2) is 8.04. The molecule has 1 amide bonds. The Kier molecular flexibility index (Phi) is 5.09. The number of hydrogen-bond donors (Lipinski definition) is 1. The van der Waals surface area contributed by atoms with Crippen LogP contribution in [0.4, 0.5) is 4.39 Å². The molecule has 152 valence electrons. The number of halogens is 1. The van der Waals surface area contributed by atoms with E-state index < -0.39 is 0 Å². The summed E-state index contributed by atoms with van der Waals surface area (Å²) in [5.41, 5.74) is 6.74. The first kappa shape index (κ1) is 19.0. The van der Waals surface area contributed by atoms with Crippen molar-refractivity contribution in [1.82, 2.24) is 10.2 Å². The smallest absolute Gasteiger partial charge is 0.251 e. The third-order valence-corrected chi connectivity index (χ3v) is 6.11. The fraction of sp³-hybridized carbons (Fsp3) is 0.269. The molecule has 4 heteroatoms. The number of fused-ring (bicyclic) bond motifs is 1. The second-order valence-corrected chi connectivity index (χ2v) is 8.38. The average Bonchev–Trinajstić information content (AvgIpc) is 3.58. The molecule has 1 fully saturated rings. The molecule has 1 atom stereocenters. The summed E-state index contributed by atoms with van der Waals surface area (Å²) in [6, 6.07) is 20.9. The van der Waals surface area contributed by atoms with E-state index in [-0.39, 0.29) is 17.8 Å². The molecule has 1 N–H and O–H groups in total. The SMILES string of the molecule is O=C(NC1CCc2cc(CN3CC3)ccc2C1)c1ccc(-c2ccc(F)cc2)cc1. The van der Waals surface area contributed by atoms with Gasteiger partial charge in [0.25, 0.3) is 5.91 Å². The van der Waals surface area contributed by atoms with Crippen LogP contribution < -0.4 is 5.32 Å². The minimum absolute atomic E-state index is 0.0349. The van der Waals surface area contributed by atoms with Crippen LogP contribution in [0.15, 0.2) is 66.7 Å². The third-order valence-electron chi connectivity index (χ3n) is 6.11. The van der Waals surface area contributed by atoms with Crippen LogP contribution >= 0.6 is 0 Å². The summed E-state index contributed by atoms with van der Waals surface area (Å²) in [5.74, 6) is -0.284. The molecule has 3 nitrogen and oxygen atoms in total. The molecule has 30 heavy (non-hydrogen) atoms. The number of aryl methyl sites for hydroxylation is 1. The molecule has 1 saturated heterocycles. The van der Waals surface area contributed by atoms with E-state index in [9.17, 15) is 9.18 Å². The lowest BCUT2D eigenvalue weighted by molar-refractivity contribution is 0.0933. The molecule has 0 saturated carbocycles. The molecule has 0 radical (unpaired) electrons. The van der Waals surface area contributed by atoms with Crippen molar-refractivity contribution in [1.29, 1.82) is 0 Å². The van der Waals surface area contributed by atoms with Gasteiger partial charge in [0.1, 0.15) is 5.82 Å². The highest BCUT2D eigenvalue weighted by Crippen LogP contribution is 2.25. The molecule has 5 rings (SSSR count). The first-order valence-corrected chi connectivity index (χ1v) is 10.6. The van der Waals surface area contributed by atoms with Gasteiger partial charge in [0.05, 0.1) is 0 Å². The topological polar surface area (TPSA) is 32.1 Å². The standard InChI is InChI=1S/C26H25FN2O/c27-24-10-7-20(8-11-24)19-3-5-21(6-4-19)26(30)28-25-12-9-22-15-18(17-29-13-14-29)1-2-23(22)16-25/h1-8,10-11,15,25H,9,12-14,16-17H2,(H,28,30). The van der Waals surface area contributed by atoms with Gasteiger partial charge in [0.15, 0.2) is 0 Å². The van der Waals surface area contributed by atoms with Crippen molar-refractivity contribution in [3.63, 3.8) is 0 Å². The number of amides is 1. The molecule has 1 unspecified atom stereocenters. The van der Waals surface area contributed by atoms with E-state index in [0.29, 0.717) is 5.56 Å². The monoisotopic (exact) mass is 400 g/mol. The summed E-state index contributed by atoms with van der Waals surface area (Å²) < 4.78 is 13.1. The summed E-state index contributed by atoms with van der Waals surface area (Å²) in [6.07, 6.45) is 2.87. The minimum atomic E-state index is -0.249. The lowest BCUT2D eigenvalue weighted by atomic mass is 9.87. The Labute approximate surface area is 176 Å². The highest BCUT2D eigenvalue weighted by Gasteiger charge is 2.22. The molecule has 0 bridgehead atoms. The minimum Gasteiger partial charge on any atom is -0.349 e. The highest BCUT2D eigenvalue weighted by atomic mass is 19.1. The van der Waals surface area contributed by atoms with Gasteiger partial charge in [0.2, 0.25) is 0 Å². The number of rotatable bonds is 5. The molecule has 2 aliphatic rings. The normalized spacial score (nSPS) is 18.0. The average molecular weight is 400 g/mol. The van der Waals surface area contributed by atoms with Gasteiger partial charge in [-0.3, -0.25) is 9.69 Å². The third kappa shape index (κ3) is 4.29. The Balaban J connectivity index is 1.22. The fourth-order valence-corrected chi connectivity index (χ4v) is 4.24. The first-order chi connectivity index (χ1) is 14.6. The van der Waals surface area contributed by atoms with E-state index in [1.54, 1.807) is 12.1 Å². The van der Waals surface area contributed by atoms with Crippen LogP contribution in [0.3, 0.4) is 0 Å². The van der Waals surface area contributed by atoms with Gasteiger partial charge in [-0.2, -0.15) is 0 Å². The summed E-state index contributed by atoms with van der Waals surface area (Å²) in [6.45, 7) is 3.49. The fourth-order valence-electron chi connectivity index (χ4n) is 4.24. The maximum atomic E-state index is 13.1. The molecular formula is C26H25FN2O. The predicted molar refractivity (Wildman–Crippen MR) is 117 cm³/mol. The number of carbonyl (C=O) groups excluding carboxylic acids is 1. The number of benzene rings is 3. The van der Waals surface area contributed by atoms with Crippen LogP contribution in [0.1, 0.15) is 33.5 Å². The Hall–Kier alpha value is -2.98. The molecule has 1 aliphatic heterocycles. The van der Waals surface area contributed by atoms with Crippen molar-refractivity contribution in [2.45, 2.75) is 31.8 Å². The van der Waals surface area contributed by atoms with Gasteiger partial charge in [-0.25, -0.2) is 4.39 Å². The number of carbonyl (C=O) groups is 1. The van der Waals surface area contributed by atoms with Gasteiger partial charge in [0, 0.05) is 31.2 Å². The van der Waals surface area contributed by atoms with Crippen LogP contribution in [-0.4, -0.2) is 29.9 Å². The van der Waals surface area contributed by atoms with Crippen molar-refractivity contribution in [3.8, 4) is 11.1 Å². The Morgan fingerprint density at radius 1 is 0.933 bits per heavy atom. The Bertz CT molecular complexity index is 1060. The van der Waals surface area contributed by atoms with Crippen molar-refractivity contribution < 1.29 is 9.18 Å². The maximum absolute atomic E-state index is 13.1. The largest absolute Gasteiger partial charge is 0.349 e. The van der Waals surface area contributed by atoms with E-state index in [2.05, 4.69) is 28.4 Å². The van der Waals surface area contributed by atoms with Gasteiger partial charge >= 0.3 is 0 Å². The van der Waals surface area contributed by atoms with E-state index in [1.807, 2.05) is 24.3 Å². The first-order valence-electron chi connectivity index (χ1n) is 10.6. The summed E-state index contributed by atoms with van der Waals surface area (Å²) in [4.78, 5) is 15.2. The Morgan fingerprint density at radius 3 is 2.33 bits per heavy atom. The van der Waals surface area contributed by atoms with Crippen LogP contribution in [0, 0.1) is 5.82 Å². The van der Waals surface area contributed by atoms with Crippen molar-refractivity contribution in [2.24, 2.45) is 0 Å². The lowest BCUT2D eigenvalue weighted by Gasteiger charge is -2.26. The van der Waals surface area contributed by atoms with Crippen molar-refractivity contribution >= 4 is 5.91 Å². The highest BCUT2D eigenvalue weighted by molar-refractivity contribution is 5.94.